The number of aromatic nitrogens is 5. The summed E-state index contributed by atoms with van der Waals surface area (Å²) in [5.74, 6) is -0.399. The number of amides is 1. The molecule has 4 aromatic rings. The topological polar surface area (TPSA) is 120 Å². The van der Waals surface area contributed by atoms with Crippen LogP contribution in [0.1, 0.15) is 30.4 Å². The SMILES string of the molecule is CC(C)n1c(=O)[nH]c2c(C(N)=O)nc(-c3ccc4ncccc4c3)nc21. The van der Waals surface area contributed by atoms with Gasteiger partial charge in [-0.15, -0.1) is 0 Å². The number of hydrogen-bond acceptors (Lipinski definition) is 5. The number of H-pyrrole nitrogens is 1. The van der Waals surface area contributed by atoms with E-state index in [4.69, 9.17) is 5.73 Å². The summed E-state index contributed by atoms with van der Waals surface area (Å²) >= 11 is 0. The number of nitrogens with zero attached hydrogens (tertiary/aromatic N) is 4. The second-order valence-corrected chi connectivity index (χ2v) is 6.26. The molecule has 130 valence electrons. The molecule has 0 saturated heterocycles. The van der Waals surface area contributed by atoms with Crippen LogP contribution in [0.4, 0.5) is 0 Å². The summed E-state index contributed by atoms with van der Waals surface area (Å²) in [5.41, 5.74) is 7.28. The van der Waals surface area contributed by atoms with Crippen molar-refractivity contribution in [3.8, 4) is 11.4 Å². The second kappa shape index (κ2) is 5.76. The zero-order valence-electron chi connectivity index (χ0n) is 14.2. The zero-order chi connectivity index (χ0) is 18.4. The lowest BCUT2D eigenvalue weighted by Crippen LogP contribution is -2.18. The third-order valence-electron chi connectivity index (χ3n) is 4.18. The van der Waals surface area contributed by atoms with E-state index < -0.39 is 5.91 Å². The number of primary amides is 1. The van der Waals surface area contributed by atoms with Crippen LogP contribution in [0, 0.1) is 0 Å². The molecule has 0 radical (unpaired) electrons. The molecule has 0 atom stereocenters. The van der Waals surface area contributed by atoms with E-state index in [0.29, 0.717) is 17.0 Å². The number of nitrogens with two attached hydrogens (primary N) is 1. The van der Waals surface area contributed by atoms with E-state index in [1.807, 2.05) is 44.2 Å². The van der Waals surface area contributed by atoms with E-state index in [9.17, 15) is 9.59 Å². The Hall–Kier alpha value is -3.55. The number of carbonyl (C=O) groups excluding carboxylic acids is 1. The number of pyridine rings is 1. The first kappa shape index (κ1) is 15.9. The Morgan fingerprint density at radius 2 is 2.04 bits per heavy atom. The molecule has 0 aliphatic carbocycles. The molecule has 0 unspecified atom stereocenters. The Balaban J connectivity index is 2.04. The fourth-order valence-electron chi connectivity index (χ4n) is 3.00. The smallest absolute Gasteiger partial charge is 0.327 e. The van der Waals surface area contributed by atoms with Gasteiger partial charge in [-0.05, 0) is 38.1 Å². The van der Waals surface area contributed by atoms with Crippen molar-refractivity contribution in [2.24, 2.45) is 5.73 Å². The Morgan fingerprint density at radius 3 is 2.77 bits per heavy atom. The number of hydrogen-bond donors (Lipinski definition) is 2. The Morgan fingerprint density at radius 1 is 1.23 bits per heavy atom. The predicted molar refractivity (Wildman–Crippen MR) is 97.8 cm³/mol. The highest BCUT2D eigenvalue weighted by molar-refractivity contribution is 6.02. The van der Waals surface area contributed by atoms with E-state index in [1.165, 1.54) is 4.57 Å². The fourth-order valence-corrected chi connectivity index (χ4v) is 3.00. The van der Waals surface area contributed by atoms with Gasteiger partial charge in [0.25, 0.3) is 5.91 Å². The monoisotopic (exact) mass is 348 g/mol. The summed E-state index contributed by atoms with van der Waals surface area (Å²) in [5, 5.41) is 0.921. The van der Waals surface area contributed by atoms with Crippen molar-refractivity contribution in [1.82, 2.24) is 24.5 Å². The third-order valence-corrected chi connectivity index (χ3v) is 4.18. The van der Waals surface area contributed by atoms with Gasteiger partial charge in [0.1, 0.15) is 5.52 Å². The van der Waals surface area contributed by atoms with E-state index in [0.717, 1.165) is 10.9 Å². The maximum absolute atomic E-state index is 12.3. The van der Waals surface area contributed by atoms with Crippen LogP contribution in [-0.4, -0.2) is 30.4 Å². The number of rotatable bonds is 3. The highest BCUT2D eigenvalue weighted by Crippen LogP contribution is 2.24. The van der Waals surface area contributed by atoms with Crippen molar-refractivity contribution in [2.75, 3.05) is 0 Å². The largest absolute Gasteiger partial charge is 0.364 e. The molecule has 3 aromatic heterocycles. The van der Waals surface area contributed by atoms with Crippen molar-refractivity contribution >= 4 is 28.0 Å². The number of nitrogens with one attached hydrogen (secondary N) is 1. The average molecular weight is 348 g/mol. The van der Waals surface area contributed by atoms with Crippen LogP contribution in [0.5, 0.6) is 0 Å². The van der Waals surface area contributed by atoms with Crippen molar-refractivity contribution < 1.29 is 4.79 Å². The Bertz CT molecular complexity index is 1220. The van der Waals surface area contributed by atoms with Gasteiger partial charge in [-0.2, -0.15) is 0 Å². The molecule has 0 bridgehead atoms. The van der Waals surface area contributed by atoms with Crippen LogP contribution in [0.3, 0.4) is 0 Å². The standard InChI is InChI=1S/C18H16N6O2/c1-9(2)24-17-14(22-18(24)26)13(15(19)25)21-16(23-17)11-5-6-12-10(8-11)4-3-7-20-12/h3-9H,1-2H3,(H2,19,25)(H,22,26). The molecule has 3 N–H and O–H groups in total. The first-order valence-corrected chi connectivity index (χ1v) is 8.13. The molecule has 0 aliphatic heterocycles. The number of fused-ring (bicyclic) bond motifs is 2. The first-order valence-electron chi connectivity index (χ1n) is 8.13. The van der Waals surface area contributed by atoms with E-state index >= 15 is 0 Å². The lowest BCUT2D eigenvalue weighted by molar-refractivity contribution is 0.0997. The minimum absolute atomic E-state index is 0.00668. The van der Waals surface area contributed by atoms with Gasteiger partial charge < -0.3 is 10.7 Å². The Kier molecular flexibility index (Phi) is 3.54. The molecule has 4 rings (SSSR count). The number of carbonyl (C=O) groups is 1. The number of imidazole rings is 1. The molecule has 26 heavy (non-hydrogen) atoms. The lowest BCUT2D eigenvalue weighted by atomic mass is 10.1. The van der Waals surface area contributed by atoms with Gasteiger partial charge in [-0.25, -0.2) is 14.8 Å². The van der Waals surface area contributed by atoms with Crippen LogP contribution in [0.25, 0.3) is 33.5 Å². The molecule has 1 amide bonds. The van der Waals surface area contributed by atoms with Gasteiger partial charge in [-0.3, -0.25) is 14.3 Å². The van der Waals surface area contributed by atoms with Gasteiger partial charge in [-0.1, -0.05) is 6.07 Å². The van der Waals surface area contributed by atoms with Gasteiger partial charge in [0, 0.05) is 23.2 Å². The Labute approximate surface area is 147 Å². The summed E-state index contributed by atoms with van der Waals surface area (Å²) in [4.78, 5) is 39.9. The minimum atomic E-state index is -0.724. The van der Waals surface area contributed by atoms with E-state index in [1.54, 1.807) is 6.20 Å². The third kappa shape index (κ3) is 2.43. The quantitative estimate of drug-likeness (QED) is 0.587. The molecule has 0 aliphatic rings. The second-order valence-electron chi connectivity index (χ2n) is 6.26. The molecule has 8 nitrogen and oxygen atoms in total. The molecule has 0 fully saturated rings. The van der Waals surface area contributed by atoms with Crippen LogP contribution < -0.4 is 11.4 Å². The van der Waals surface area contributed by atoms with Crippen molar-refractivity contribution in [3.63, 3.8) is 0 Å². The van der Waals surface area contributed by atoms with E-state index in [2.05, 4.69) is 19.9 Å². The van der Waals surface area contributed by atoms with Gasteiger partial charge in [0.2, 0.25) is 0 Å². The molecule has 0 saturated carbocycles. The highest BCUT2D eigenvalue weighted by atomic mass is 16.2. The van der Waals surface area contributed by atoms with Crippen LogP contribution in [0.15, 0.2) is 41.3 Å². The van der Waals surface area contributed by atoms with Crippen LogP contribution in [-0.2, 0) is 0 Å². The van der Waals surface area contributed by atoms with Gasteiger partial charge in [0.15, 0.2) is 17.2 Å². The fraction of sp³-hybridized carbons (Fsp3) is 0.167. The van der Waals surface area contributed by atoms with Crippen LogP contribution >= 0.6 is 0 Å². The molecular weight excluding hydrogens is 332 g/mol. The average Bonchev–Trinajstić information content (AvgIpc) is 2.96. The first-order chi connectivity index (χ1) is 12.5. The molecule has 8 heteroatoms. The summed E-state index contributed by atoms with van der Waals surface area (Å²) in [6.07, 6.45) is 1.72. The molecule has 1 aromatic carbocycles. The van der Waals surface area contributed by atoms with Gasteiger partial charge >= 0.3 is 5.69 Å². The van der Waals surface area contributed by atoms with Crippen molar-refractivity contribution in [1.29, 1.82) is 0 Å². The van der Waals surface area contributed by atoms with Gasteiger partial charge in [0.05, 0.1) is 5.52 Å². The van der Waals surface area contributed by atoms with Crippen molar-refractivity contribution in [3.05, 3.63) is 52.7 Å². The highest BCUT2D eigenvalue weighted by Gasteiger charge is 2.20. The molecular formula is C18H16N6O2. The number of benzene rings is 1. The normalized spacial score (nSPS) is 11.5. The summed E-state index contributed by atoms with van der Waals surface area (Å²) in [7, 11) is 0. The van der Waals surface area contributed by atoms with E-state index in [-0.39, 0.29) is 22.9 Å². The lowest BCUT2D eigenvalue weighted by Gasteiger charge is -2.09. The summed E-state index contributed by atoms with van der Waals surface area (Å²) in [6, 6.07) is 9.20. The predicted octanol–water partition coefficient (Wildman–Crippen LogP) is 2.01. The van der Waals surface area contributed by atoms with Crippen LogP contribution in [0.2, 0.25) is 0 Å². The summed E-state index contributed by atoms with van der Waals surface area (Å²) in [6.45, 7) is 3.73. The number of aromatic amines is 1. The minimum Gasteiger partial charge on any atom is -0.364 e. The van der Waals surface area contributed by atoms with Crippen molar-refractivity contribution in [2.45, 2.75) is 19.9 Å². The maximum Gasteiger partial charge on any atom is 0.327 e. The maximum atomic E-state index is 12.3. The molecule has 3 heterocycles. The molecule has 0 spiro atoms. The zero-order valence-corrected chi connectivity index (χ0v) is 14.2. The summed E-state index contributed by atoms with van der Waals surface area (Å²) < 4.78 is 1.48.